The Balaban J connectivity index is 2.83. The predicted octanol–water partition coefficient (Wildman–Crippen LogP) is 0.866. The highest BCUT2D eigenvalue weighted by Crippen LogP contribution is 1.95. The van der Waals surface area contributed by atoms with Crippen LogP contribution in [0.1, 0.15) is 13.8 Å². The maximum atomic E-state index is 11.8. The number of aromatic nitrogens is 1. The summed E-state index contributed by atoms with van der Waals surface area (Å²) in [6, 6.07) is 3.40. The fourth-order valence-electron chi connectivity index (χ4n) is 1.22. The minimum absolute atomic E-state index is 0.0185. The van der Waals surface area contributed by atoms with E-state index in [2.05, 4.69) is 0 Å². The van der Waals surface area contributed by atoms with Crippen LogP contribution in [0, 0.1) is 0 Å². The van der Waals surface area contributed by atoms with Crippen LogP contribution in [0.25, 0.3) is 0 Å². The third-order valence-corrected chi connectivity index (χ3v) is 2.11. The molecule has 1 rings (SSSR count). The van der Waals surface area contributed by atoms with Gasteiger partial charge in [-0.2, -0.15) is 9.36 Å². The van der Waals surface area contributed by atoms with Crippen LogP contribution in [0.3, 0.4) is 0 Å². The molecule has 0 aliphatic rings. The second-order valence-corrected chi connectivity index (χ2v) is 2.99. The van der Waals surface area contributed by atoms with Gasteiger partial charge in [0.05, 0.1) is 13.1 Å². The molecule has 4 heteroatoms. The summed E-state index contributed by atoms with van der Waals surface area (Å²) < 4.78 is 1.53. The van der Waals surface area contributed by atoms with Gasteiger partial charge in [-0.05, 0) is 13.8 Å². The average molecular weight is 194 g/mol. The molecule has 0 fully saturated rings. The number of pyridine rings is 1. The highest BCUT2D eigenvalue weighted by atomic mass is 16.2. The molecule has 76 valence electrons. The van der Waals surface area contributed by atoms with Crippen molar-refractivity contribution < 1.29 is 9.36 Å². The van der Waals surface area contributed by atoms with Crippen molar-refractivity contribution in [2.24, 2.45) is 0 Å². The molecule has 0 spiro atoms. The standard InChI is InChI=1S/C10H15N3O/c1-3-12(4-2)10(14)13-7-5-9(11)6-8-13/h5-8,11H,3-4H2,1-2H3/p+1. The summed E-state index contributed by atoms with van der Waals surface area (Å²) in [6.07, 6.45) is 3.35. The number of carbonyl (C=O) groups excluding carboxylic acids is 1. The summed E-state index contributed by atoms with van der Waals surface area (Å²) >= 11 is 0. The van der Waals surface area contributed by atoms with Crippen LogP contribution < -0.4 is 10.3 Å². The lowest BCUT2D eigenvalue weighted by Gasteiger charge is -2.10. The maximum absolute atomic E-state index is 11.8. The Hall–Kier alpha value is -1.58. The third kappa shape index (κ3) is 2.22. The van der Waals surface area contributed by atoms with E-state index in [-0.39, 0.29) is 6.03 Å². The van der Waals surface area contributed by atoms with Gasteiger partial charge in [0, 0.05) is 17.8 Å². The van der Waals surface area contributed by atoms with Gasteiger partial charge in [-0.1, -0.05) is 0 Å². The average Bonchev–Trinajstić information content (AvgIpc) is 2.20. The second kappa shape index (κ2) is 4.60. The molecule has 2 N–H and O–H groups in total. The van der Waals surface area contributed by atoms with Crippen molar-refractivity contribution in [3.8, 4) is 0 Å². The fraction of sp³-hybridized carbons (Fsp3) is 0.400. The Morgan fingerprint density at radius 3 is 2.29 bits per heavy atom. The molecule has 1 heterocycles. The van der Waals surface area contributed by atoms with E-state index in [0.29, 0.717) is 18.8 Å². The van der Waals surface area contributed by atoms with E-state index < -0.39 is 0 Å². The molecule has 0 saturated heterocycles. The Morgan fingerprint density at radius 2 is 1.86 bits per heavy atom. The van der Waals surface area contributed by atoms with Gasteiger partial charge in [0.15, 0.2) is 0 Å². The molecule has 0 aliphatic heterocycles. The highest BCUT2D eigenvalue weighted by molar-refractivity contribution is 5.64. The zero-order valence-electron chi connectivity index (χ0n) is 8.60. The SMILES string of the molecule is CCN(CC)C(=O)[n+]1ccc(N)cc1. The summed E-state index contributed by atoms with van der Waals surface area (Å²) in [5, 5.41) is 0. The van der Waals surface area contributed by atoms with Crippen LogP contribution in [-0.4, -0.2) is 24.0 Å². The number of carbonyl (C=O) groups is 1. The van der Waals surface area contributed by atoms with Crippen molar-refractivity contribution in [2.45, 2.75) is 13.8 Å². The van der Waals surface area contributed by atoms with Gasteiger partial charge in [0.1, 0.15) is 12.4 Å². The summed E-state index contributed by atoms with van der Waals surface area (Å²) in [6.45, 7) is 5.35. The lowest BCUT2D eigenvalue weighted by Crippen LogP contribution is -2.51. The second-order valence-electron chi connectivity index (χ2n) is 2.99. The Kier molecular flexibility index (Phi) is 3.45. The van der Waals surface area contributed by atoms with E-state index in [0.717, 1.165) is 0 Å². The molecule has 0 atom stereocenters. The number of rotatable bonds is 2. The Morgan fingerprint density at radius 1 is 1.36 bits per heavy atom. The van der Waals surface area contributed by atoms with Crippen molar-refractivity contribution in [3.05, 3.63) is 24.5 Å². The lowest BCUT2D eigenvalue weighted by atomic mass is 10.4. The van der Waals surface area contributed by atoms with Gasteiger partial charge in [0.2, 0.25) is 0 Å². The zero-order chi connectivity index (χ0) is 10.6. The third-order valence-electron chi connectivity index (χ3n) is 2.11. The van der Waals surface area contributed by atoms with Crippen molar-refractivity contribution in [1.29, 1.82) is 0 Å². The number of amides is 1. The van der Waals surface area contributed by atoms with Crippen LogP contribution in [0.2, 0.25) is 0 Å². The van der Waals surface area contributed by atoms with E-state index in [1.54, 1.807) is 29.4 Å². The summed E-state index contributed by atoms with van der Waals surface area (Å²) in [7, 11) is 0. The number of nitrogens with two attached hydrogens (primary N) is 1. The molecule has 0 saturated carbocycles. The van der Waals surface area contributed by atoms with Crippen LogP contribution >= 0.6 is 0 Å². The van der Waals surface area contributed by atoms with Crippen LogP contribution in [-0.2, 0) is 0 Å². The molecule has 1 amide bonds. The topological polar surface area (TPSA) is 50.2 Å². The first-order valence-electron chi connectivity index (χ1n) is 4.75. The molecule has 4 nitrogen and oxygen atoms in total. The van der Waals surface area contributed by atoms with Crippen LogP contribution in [0.15, 0.2) is 24.5 Å². The maximum Gasteiger partial charge on any atom is 0.497 e. The molecular formula is C10H16N3O+. The normalized spacial score (nSPS) is 9.86. The molecule has 1 aromatic rings. The molecule has 0 aliphatic carbocycles. The quantitative estimate of drug-likeness (QED) is 0.710. The van der Waals surface area contributed by atoms with Gasteiger partial charge in [-0.3, -0.25) is 0 Å². The number of nitrogens with zero attached hydrogens (tertiary/aromatic N) is 2. The number of hydrogen-bond donors (Lipinski definition) is 1. The largest absolute Gasteiger partial charge is 0.497 e. The minimum atomic E-state index is -0.0185. The van der Waals surface area contributed by atoms with E-state index >= 15 is 0 Å². The first-order valence-corrected chi connectivity index (χ1v) is 4.75. The van der Waals surface area contributed by atoms with Crippen molar-refractivity contribution in [3.63, 3.8) is 0 Å². The van der Waals surface area contributed by atoms with Gasteiger partial charge >= 0.3 is 6.03 Å². The van der Waals surface area contributed by atoms with Gasteiger partial charge in [-0.25, -0.2) is 4.90 Å². The molecule has 0 radical (unpaired) electrons. The predicted molar refractivity (Wildman–Crippen MR) is 54.8 cm³/mol. The van der Waals surface area contributed by atoms with Gasteiger partial charge < -0.3 is 5.73 Å². The first kappa shape index (κ1) is 10.5. The summed E-state index contributed by atoms with van der Waals surface area (Å²) in [5.74, 6) is 0. The molecular weight excluding hydrogens is 178 g/mol. The van der Waals surface area contributed by atoms with E-state index in [1.165, 1.54) is 4.57 Å². The lowest BCUT2D eigenvalue weighted by molar-refractivity contribution is -0.578. The highest BCUT2D eigenvalue weighted by Gasteiger charge is 2.20. The number of nitrogen functional groups attached to an aromatic ring is 1. The van der Waals surface area contributed by atoms with E-state index in [4.69, 9.17) is 5.73 Å². The van der Waals surface area contributed by atoms with E-state index in [1.807, 2.05) is 13.8 Å². The molecule has 0 unspecified atom stereocenters. The Labute approximate surface area is 83.9 Å². The summed E-state index contributed by atoms with van der Waals surface area (Å²) in [4.78, 5) is 13.5. The molecule has 0 bridgehead atoms. The van der Waals surface area contributed by atoms with Crippen LogP contribution in [0.4, 0.5) is 10.5 Å². The van der Waals surface area contributed by atoms with Crippen LogP contribution in [0.5, 0.6) is 0 Å². The molecule has 1 aromatic heterocycles. The molecule has 14 heavy (non-hydrogen) atoms. The summed E-state index contributed by atoms with van der Waals surface area (Å²) in [5.41, 5.74) is 6.19. The van der Waals surface area contributed by atoms with Crippen molar-refractivity contribution in [1.82, 2.24) is 4.90 Å². The molecule has 0 aromatic carbocycles. The number of hydrogen-bond acceptors (Lipinski definition) is 2. The zero-order valence-corrected chi connectivity index (χ0v) is 8.60. The first-order chi connectivity index (χ1) is 6.69. The number of anilines is 1. The fourth-order valence-corrected chi connectivity index (χ4v) is 1.22. The minimum Gasteiger partial charge on any atom is -0.399 e. The van der Waals surface area contributed by atoms with E-state index in [9.17, 15) is 4.79 Å². The van der Waals surface area contributed by atoms with Gasteiger partial charge in [0.25, 0.3) is 0 Å². The van der Waals surface area contributed by atoms with Gasteiger partial charge in [-0.15, -0.1) is 0 Å². The Bertz CT molecular complexity index is 304. The van der Waals surface area contributed by atoms with Crippen molar-refractivity contribution in [2.75, 3.05) is 18.8 Å². The smallest absolute Gasteiger partial charge is 0.399 e. The van der Waals surface area contributed by atoms with Crippen molar-refractivity contribution >= 4 is 11.7 Å². The monoisotopic (exact) mass is 194 g/mol.